The van der Waals surface area contributed by atoms with Crippen LogP contribution in [0.4, 0.5) is 5.69 Å². The second kappa shape index (κ2) is 6.60. The monoisotopic (exact) mass is 371 g/mol. The lowest BCUT2D eigenvalue weighted by molar-refractivity contribution is 1.02. The molecule has 0 atom stereocenters. The summed E-state index contributed by atoms with van der Waals surface area (Å²) in [5.74, 6) is 0. The van der Waals surface area contributed by atoms with Gasteiger partial charge in [-0.1, -0.05) is 41.9 Å². The van der Waals surface area contributed by atoms with Crippen molar-refractivity contribution in [3.63, 3.8) is 0 Å². The maximum Gasteiger partial charge on any atom is 0.0703 e. The van der Waals surface area contributed by atoms with Crippen molar-refractivity contribution in [1.82, 2.24) is 4.40 Å². The van der Waals surface area contributed by atoms with Crippen LogP contribution in [-0.2, 0) is 6.42 Å². The lowest BCUT2D eigenvalue weighted by Crippen LogP contribution is -2.13. The SMILES string of the molecule is Clc1ccc(-c2cn3cccc4c3c2CC/C4=N/Nc2ccccc2)cc1. The highest BCUT2D eigenvalue weighted by molar-refractivity contribution is 6.30. The first-order valence-corrected chi connectivity index (χ1v) is 9.44. The van der Waals surface area contributed by atoms with Gasteiger partial charge in [-0.2, -0.15) is 5.10 Å². The molecule has 0 spiro atoms. The zero-order chi connectivity index (χ0) is 18.2. The number of anilines is 1. The molecule has 0 fully saturated rings. The molecule has 27 heavy (non-hydrogen) atoms. The molecular weight excluding hydrogens is 354 g/mol. The van der Waals surface area contributed by atoms with Crippen molar-refractivity contribution in [1.29, 1.82) is 0 Å². The summed E-state index contributed by atoms with van der Waals surface area (Å²) in [5.41, 5.74) is 11.6. The first kappa shape index (κ1) is 16.2. The third-order valence-electron chi connectivity index (χ3n) is 5.07. The standard InChI is InChI=1S/C23H18ClN3/c24-17-10-8-16(9-11-17)21-15-27-14-4-7-20-22(13-12-19(21)23(20)27)26-25-18-5-2-1-3-6-18/h1-11,14-15,25H,12-13H2/b26-22-. The van der Waals surface area contributed by atoms with Crippen LogP contribution >= 0.6 is 11.6 Å². The van der Waals surface area contributed by atoms with E-state index in [0.717, 1.165) is 29.3 Å². The summed E-state index contributed by atoms with van der Waals surface area (Å²) in [5, 5.41) is 5.47. The van der Waals surface area contributed by atoms with E-state index in [9.17, 15) is 0 Å². The Balaban J connectivity index is 1.60. The van der Waals surface area contributed by atoms with Crippen molar-refractivity contribution in [2.24, 2.45) is 5.10 Å². The second-order valence-electron chi connectivity index (χ2n) is 6.74. The minimum atomic E-state index is 0.762. The van der Waals surface area contributed by atoms with Crippen molar-refractivity contribution in [3.05, 3.63) is 95.3 Å². The highest BCUT2D eigenvalue weighted by Crippen LogP contribution is 2.35. The topological polar surface area (TPSA) is 28.8 Å². The minimum absolute atomic E-state index is 0.762. The third kappa shape index (κ3) is 2.90. The maximum atomic E-state index is 6.06. The molecule has 0 saturated carbocycles. The van der Waals surface area contributed by atoms with E-state index in [1.54, 1.807) is 0 Å². The lowest BCUT2D eigenvalue weighted by atomic mass is 9.90. The number of aryl methyl sites for hydroxylation is 1. The van der Waals surface area contributed by atoms with Gasteiger partial charge in [0.05, 0.1) is 16.9 Å². The summed E-state index contributed by atoms with van der Waals surface area (Å²) in [4.78, 5) is 0. The number of pyridine rings is 1. The number of rotatable bonds is 3. The molecule has 0 aliphatic heterocycles. The number of hydrogen-bond acceptors (Lipinski definition) is 2. The zero-order valence-electron chi connectivity index (χ0n) is 14.7. The van der Waals surface area contributed by atoms with Crippen LogP contribution in [0.1, 0.15) is 17.5 Å². The molecule has 1 aliphatic carbocycles. The lowest BCUT2D eigenvalue weighted by Gasteiger charge is -2.17. The molecule has 1 N–H and O–H groups in total. The summed E-state index contributed by atoms with van der Waals surface area (Å²) in [7, 11) is 0. The van der Waals surface area contributed by atoms with Gasteiger partial charge >= 0.3 is 0 Å². The van der Waals surface area contributed by atoms with Gasteiger partial charge in [0.1, 0.15) is 0 Å². The molecule has 0 bridgehead atoms. The van der Waals surface area contributed by atoms with Crippen LogP contribution in [0.25, 0.3) is 16.6 Å². The number of nitrogens with zero attached hydrogens (tertiary/aromatic N) is 2. The summed E-state index contributed by atoms with van der Waals surface area (Å²) in [6.07, 6.45) is 6.21. The second-order valence-corrected chi connectivity index (χ2v) is 7.18. The van der Waals surface area contributed by atoms with Gasteiger partial charge in [0.2, 0.25) is 0 Å². The fourth-order valence-electron chi connectivity index (χ4n) is 3.80. The zero-order valence-corrected chi connectivity index (χ0v) is 15.4. The van der Waals surface area contributed by atoms with Crippen LogP contribution < -0.4 is 5.43 Å². The molecule has 2 aromatic carbocycles. The van der Waals surface area contributed by atoms with E-state index >= 15 is 0 Å². The highest BCUT2D eigenvalue weighted by Gasteiger charge is 2.22. The molecule has 1 aliphatic rings. The largest absolute Gasteiger partial charge is 0.322 e. The predicted molar refractivity (Wildman–Crippen MR) is 113 cm³/mol. The fraction of sp³-hybridized carbons (Fsp3) is 0.0870. The normalized spacial score (nSPS) is 14.6. The van der Waals surface area contributed by atoms with E-state index in [1.165, 1.54) is 27.8 Å². The molecule has 0 saturated heterocycles. The van der Waals surface area contributed by atoms with Gasteiger partial charge in [-0.25, -0.2) is 0 Å². The fourth-order valence-corrected chi connectivity index (χ4v) is 3.92. The minimum Gasteiger partial charge on any atom is -0.322 e. The Bertz CT molecular complexity index is 1140. The van der Waals surface area contributed by atoms with Crippen molar-refractivity contribution in [3.8, 4) is 11.1 Å². The van der Waals surface area contributed by atoms with Gasteiger partial charge in [-0.05, 0) is 60.4 Å². The number of benzene rings is 2. The number of halogens is 1. The van der Waals surface area contributed by atoms with Gasteiger partial charge in [0.15, 0.2) is 0 Å². The van der Waals surface area contributed by atoms with Crippen LogP contribution in [0, 0.1) is 0 Å². The molecule has 132 valence electrons. The summed E-state index contributed by atoms with van der Waals surface area (Å²) >= 11 is 6.06. The molecule has 2 heterocycles. The van der Waals surface area contributed by atoms with Gasteiger partial charge < -0.3 is 4.40 Å². The van der Waals surface area contributed by atoms with E-state index in [2.05, 4.69) is 46.5 Å². The molecule has 0 unspecified atom stereocenters. The van der Waals surface area contributed by atoms with Crippen molar-refractivity contribution < 1.29 is 0 Å². The number of para-hydroxylation sites is 1. The van der Waals surface area contributed by atoms with Gasteiger partial charge in [0, 0.05) is 28.5 Å². The Morgan fingerprint density at radius 3 is 2.48 bits per heavy atom. The number of hydrazone groups is 1. The average molecular weight is 372 g/mol. The number of hydrogen-bond donors (Lipinski definition) is 1. The third-order valence-corrected chi connectivity index (χ3v) is 5.33. The van der Waals surface area contributed by atoms with Crippen LogP contribution in [0.5, 0.6) is 0 Å². The molecule has 2 aromatic heterocycles. The Morgan fingerprint density at radius 2 is 1.67 bits per heavy atom. The molecule has 0 amide bonds. The summed E-state index contributed by atoms with van der Waals surface area (Å²) in [6, 6.07) is 22.4. The highest BCUT2D eigenvalue weighted by atomic mass is 35.5. The van der Waals surface area contributed by atoms with Crippen LogP contribution in [0.3, 0.4) is 0 Å². The van der Waals surface area contributed by atoms with Crippen LogP contribution in [-0.4, -0.2) is 10.1 Å². The van der Waals surface area contributed by atoms with Crippen LogP contribution in [0.2, 0.25) is 5.02 Å². The molecule has 4 aromatic rings. The van der Waals surface area contributed by atoms with E-state index in [4.69, 9.17) is 16.7 Å². The molecule has 4 heteroatoms. The summed E-state index contributed by atoms with van der Waals surface area (Å²) in [6.45, 7) is 0. The van der Waals surface area contributed by atoms with Crippen molar-refractivity contribution in [2.45, 2.75) is 12.8 Å². The van der Waals surface area contributed by atoms with Crippen molar-refractivity contribution >= 4 is 28.5 Å². The predicted octanol–water partition coefficient (Wildman–Crippen LogP) is 6.02. The molecule has 3 nitrogen and oxygen atoms in total. The van der Waals surface area contributed by atoms with Gasteiger partial charge in [0.25, 0.3) is 0 Å². The van der Waals surface area contributed by atoms with E-state index in [0.29, 0.717) is 0 Å². The Kier molecular flexibility index (Phi) is 3.95. The Hall–Kier alpha value is -3.04. The first-order chi connectivity index (χ1) is 13.3. The maximum absolute atomic E-state index is 6.06. The average Bonchev–Trinajstić information content (AvgIpc) is 3.09. The molecule has 0 radical (unpaired) electrons. The van der Waals surface area contributed by atoms with E-state index in [1.807, 2.05) is 42.5 Å². The van der Waals surface area contributed by atoms with Gasteiger partial charge in [-0.3, -0.25) is 5.43 Å². The van der Waals surface area contributed by atoms with Crippen molar-refractivity contribution in [2.75, 3.05) is 5.43 Å². The Labute approximate surface area is 162 Å². The van der Waals surface area contributed by atoms with E-state index < -0.39 is 0 Å². The quantitative estimate of drug-likeness (QED) is 0.438. The molecule has 5 rings (SSSR count). The number of aromatic nitrogens is 1. The van der Waals surface area contributed by atoms with Gasteiger partial charge in [-0.15, -0.1) is 0 Å². The summed E-state index contributed by atoms with van der Waals surface area (Å²) < 4.78 is 2.21. The Morgan fingerprint density at radius 1 is 0.852 bits per heavy atom. The molecular formula is C23H18ClN3. The number of nitrogens with one attached hydrogen (secondary N) is 1. The smallest absolute Gasteiger partial charge is 0.0703 e. The van der Waals surface area contributed by atoms with Crippen LogP contribution in [0.15, 0.2) is 84.2 Å². The van der Waals surface area contributed by atoms with E-state index in [-0.39, 0.29) is 0 Å². The first-order valence-electron chi connectivity index (χ1n) is 9.06.